The molecule has 5 heteroatoms. The molecule has 1 rings (SSSR count). The van der Waals surface area contributed by atoms with Gasteiger partial charge in [-0.05, 0) is 38.1 Å². The molecule has 1 aromatic carbocycles. The highest BCUT2D eigenvalue weighted by Gasteiger charge is 2.08. The average Bonchev–Trinajstić information content (AvgIpc) is 2.30. The zero-order chi connectivity index (χ0) is 14.3. The van der Waals surface area contributed by atoms with Crippen molar-refractivity contribution in [1.29, 1.82) is 0 Å². The number of carbonyl (C=O) groups is 1. The molecule has 0 saturated carbocycles. The van der Waals surface area contributed by atoms with Gasteiger partial charge in [-0.2, -0.15) is 0 Å². The molecule has 0 saturated heterocycles. The molecule has 1 atom stereocenters. The van der Waals surface area contributed by atoms with Gasteiger partial charge in [0.25, 0.3) is 0 Å². The minimum absolute atomic E-state index is 0.0785. The molecule has 0 aliphatic heterocycles. The van der Waals surface area contributed by atoms with E-state index < -0.39 is 6.10 Å². The summed E-state index contributed by atoms with van der Waals surface area (Å²) < 4.78 is 12.7. The Labute approximate surface area is 113 Å². The molecule has 106 valence electrons. The Morgan fingerprint density at radius 3 is 2.63 bits per heavy atom. The molecule has 1 aromatic rings. The lowest BCUT2D eigenvalue weighted by molar-refractivity contribution is -0.122. The topological polar surface area (TPSA) is 52.6 Å². The second kappa shape index (κ2) is 7.86. The average molecular weight is 268 g/mol. The molecule has 0 aromatic heterocycles. The Balaban J connectivity index is 2.21. The molecular formula is C14H21FN2O2. The summed E-state index contributed by atoms with van der Waals surface area (Å²) in [4.78, 5) is 13.3. The van der Waals surface area contributed by atoms with Crippen LogP contribution in [0.5, 0.6) is 0 Å². The van der Waals surface area contributed by atoms with Crippen molar-refractivity contribution in [3.8, 4) is 0 Å². The molecule has 1 unspecified atom stereocenters. The maximum absolute atomic E-state index is 12.7. The number of hydrogen-bond acceptors (Lipinski definition) is 3. The van der Waals surface area contributed by atoms with Crippen LogP contribution in [0.4, 0.5) is 4.39 Å². The molecule has 0 bridgehead atoms. The Morgan fingerprint density at radius 1 is 1.42 bits per heavy atom. The Hall–Kier alpha value is -1.46. The number of rotatable bonds is 7. The van der Waals surface area contributed by atoms with E-state index >= 15 is 0 Å². The number of halogens is 1. The van der Waals surface area contributed by atoms with Crippen LogP contribution in [0.3, 0.4) is 0 Å². The van der Waals surface area contributed by atoms with Crippen LogP contribution in [-0.4, -0.2) is 48.7 Å². The second-order valence-electron chi connectivity index (χ2n) is 4.77. The normalized spacial score (nSPS) is 12.5. The molecule has 0 spiro atoms. The van der Waals surface area contributed by atoms with Gasteiger partial charge >= 0.3 is 0 Å². The molecular weight excluding hydrogens is 247 g/mol. The van der Waals surface area contributed by atoms with Crippen molar-refractivity contribution < 1.29 is 14.3 Å². The van der Waals surface area contributed by atoms with Crippen LogP contribution in [0.25, 0.3) is 0 Å². The van der Waals surface area contributed by atoms with Crippen molar-refractivity contribution in [2.45, 2.75) is 19.4 Å². The Kier molecular flexibility index (Phi) is 6.45. The maximum Gasteiger partial charge on any atom is 0.234 e. The number of nitrogens with zero attached hydrogens (tertiary/aromatic N) is 1. The first-order valence-electron chi connectivity index (χ1n) is 6.35. The second-order valence-corrected chi connectivity index (χ2v) is 4.77. The fourth-order valence-corrected chi connectivity index (χ4v) is 1.81. The van der Waals surface area contributed by atoms with Gasteiger partial charge in [-0.3, -0.25) is 9.69 Å². The maximum atomic E-state index is 12.7. The zero-order valence-corrected chi connectivity index (χ0v) is 11.4. The summed E-state index contributed by atoms with van der Waals surface area (Å²) in [6.45, 7) is 2.93. The van der Waals surface area contributed by atoms with Crippen LogP contribution < -0.4 is 5.32 Å². The summed E-state index contributed by atoms with van der Waals surface area (Å²) >= 11 is 0. The van der Waals surface area contributed by atoms with E-state index in [1.807, 2.05) is 0 Å². The summed E-state index contributed by atoms with van der Waals surface area (Å²) in [6.07, 6.45) is 0.226. The summed E-state index contributed by atoms with van der Waals surface area (Å²) in [7, 11) is 1.78. The summed E-state index contributed by atoms with van der Waals surface area (Å²) in [5.41, 5.74) is 0.985. The summed E-state index contributed by atoms with van der Waals surface area (Å²) in [5.74, 6) is -0.335. The summed E-state index contributed by atoms with van der Waals surface area (Å²) in [5, 5.41) is 12.0. The van der Waals surface area contributed by atoms with Gasteiger partial charge in [0, 0.05) is 13.1 Å². The van der Waals surface area contributed by atoms with E-state index in [0.29, 0.717) is 19.5 Å². The molecule has 4 nitrogen and oxygen atoms in total. The van der Waals surface area contributed by atoms with Gasteiger partial charge in [-0.1, -0.05) is 12.1 Å². The molecule has 0 fully saturated rings. The van der Waals surface area contributed by atoms with Crippen molar-refractivity contribution in [3.63, 3.8) is 0 Å². The van der Waals surface area contributed by atoms with Crippen molar-refractivity contribution in [2.75, 3.05) is 26.7 Å². The third-order valence-corrected chi connectivity index (χ3v) is 2.64. The van der Waals surface area contributed by atoms with Crippen molar-refractivity contribution in [3.05, 3.63) is 35.6 Å². The number of amides is 1. The van der Waals surface area contributed by atoms with Crippen LogP contribution in [0.1, 0.15) is 12.5 Å². The first kappa shape index (κ1) is 15.6. The number of aliphatic hydroxyl groups excluding tert-OH is 1. The van der Waals surface area contributed by atoms with Gasteiger partial charge in [-0.15, -0.1) is 0 Å². The Bertz CT molecular complexity index is 393. The predicted molar refractivity (Wildman–Crippen MR) is 72.3 cm³/mol. The molecule has 0 aliphatic carbocycles. The van der Waals surface area contributed by atoms with Gasteiger partial charge in [0.2, 0.25) is 5.91 Å². The first-order chi connectivity index (χ1) is 8.97. The van der Waals surface area contributed by atoms with E-state index in [-0.39, 0.29) is 18.3 Å². The number of benzene rings is 1. The lowest BCUT2D eigenvalue weighted by Crippen LogP contribution is -2.38. The minimum Gasteiger partial charge on any atom is -0.392 e. The van der Waals surface area contributed by atoms with Crippen molar-refractivity contribution in [2.24, 2.45) is 0 Å². The molecule has 1 amide bonds. The Morgan fingerprint density at radius 2 is 2.05 bits per heavy atom. The van der Waals surface area contributed by atoms with E-state index in [0.717, 1.165) is 5.56 Å². The van der Waals surface area contributed by atoms with Crippen LogP contribution in [0, 0.1) is 5.82 Å². The SMILES string of the molecule is CC(O)CN(C)CC(=O)NCCc1ccc(F)cc1. The molecule has 0 heterocycles. The van der Waals surface area contributed by atoms with E-state index in [4.69, 9.17) is 0 Å². The standard InChI is InChI=1S/C14H21FN2O2/c1-11(18)9-17(2)10-14(19)16-8-7-12-3-5-13(15)6-4-12/h3-6,11,18H,7-10H2,1-2H3,(H,16,19). The van der Waals surface area contributed by atoms with Crippen LogP contribution in [-0.2, 0) is 11.2 Å². The number of aliphatic hydroxyl groups is 1. The van der Waals surface area contributed by atoms with Crippen molar-refractivity contribution >= 4 is 5.91 Å². The van der Waals surface area contributed by atoms with E-state index in [1.165, 1.54) is 12.1 Å². The van der Waals surface area contributed by atoms with Gasteiger partial charge in [0.1, 0.15) is 5.82 Å². The predicted octanol–water partition coefficient (Wildman–Crippen LogP) is 0.797. The van der Waals surface area contributed by atoms with Crippen molar-refractivity contribution in [1.82, 2.24) is 10.2 Å². The van der Waals surface area contributed by atoms with Crippen LogP contribution >= 0.6 is 0 Å². The van der Waals surface area contributed by atoms with Crippen LogP contribution in [0.2, 0.25) is 0 Å². The van der Waals surface area contributed by atoms with Gasteiger partial charge < -0.3 is 10.4 Å². The fourth-order valence-electron chi connectivity index (χ4n) is 1.81. The monoisotopic (exact) mass is 268 g/mol. The first-order valence-corrected chi connectivity index (χ1v) is 6.35. The number of hydrogen-bond donors (Lipinski definition) is 2. The number of carbonyl (C=O) groups excluding carboxylic acids is 1. The van der Waals surface area contributed by atoms with Gasteiger partial charge in [0.05, 0.1) is 12.6 Å². The molecule has 0 radical (unpaired) electrons. The largest absolute Gasteiger partial charge is 0.392 e. The quantitative estimate of drug-likeness (QED) is 0.769. The lowest BCUT2D eigenvalue weighted by atomic mass is 10.1. The van der Waals surface area contributed by atoms with Crippen LogP contribution in [0.15, 0.2) is 24.3 Å². The third kappa shape index (κ3) is 6.88. The van der Waals surface area contributed by atoms with Gasteiger partial charge in [-0.25, -0.2) is 4.39 Å². The molecule has 19 heavy (non-hydrogen) atoms. The third-order valence-electron chi connectivity index (χ3n) is 2.64. The summed E-state index contributed by atoms with van der Waals surface area (Å²) in [6, 6.07) is 6.24. The van der Waals surface area contributed by atoms with Gasteiger partial charge in [0.15, 0.2) is 0 Å². The zero-order valence-electron chi connectivity index (χ0n) is 11.4. The highest BCUT2D eigenvalue weighted by molar-refractivity contribution is 5.77. The molecule has 2 N–H and O–H groups in total. The molecule has 0 aliphatic rings. The minimum atomic E-state index is -0.447. The lowest BCUT2D eigenvalue weighted by Gasteiger charge is -2.17. The number of likely N-dealkylation sites (N-methyl/N-ethyl adjacent to an activating group) is 1. The van der Waals surface area contributed by atoms with E-state index in [2.05, 4.69) is 5.32 Å². The smallest absolute Gasteiger partial charge is 0.234 e. The van der Waals surface area contributed by atoms with E-state index in [9.17, 15) is 14.3 Å². The highest BCUT2D eigenvalue weighted by Crippen LogP contribution is 2.02. The highest BCUT2D eigenvalue weighted by atomic mass is 19.1. The number of nitrogens with one attached hydrogen (secondary N) is 1. The van der Waals surface area contributed by atoms with E-state index in [1.54, 1.807) is 31.0 Å². The fraction of sp³-hybridized carbons (Fsp3) is 0.500.